The summed E-state index contributed by atoms with van der Waals surface area (Å²) >= 11 is 0. The molecule has 0 aliphatic carbocycles. The van der Waals surface area contributed by atoms with Gasteiger partial charge in [-0.1, -0.05) is 163 Å². The molecule has 0 saturated heterocycles. The molecule has 9 aromatic rings. The minimum atomic E-state index is 0.0565. The number of hydrogen-bond donors (Lipinski definition) is 0. The van der Waals surface area contributed by atoms with Crippen molar-refractivity contribution in [3.8, 4) is 33.4 Å². The van der Waals surface area contributed by atoms with Crippen LogP contribution in [0.5, 0.6) is 0 Å². The summed E-state index contributed by atoms with van der Waals surface area (Å²) in [6, 6.07) is 74.0. The summed E-state index contributed by atoms with van der Waals surface area (Å²) in [7, 11) is 0. The molecule has 9 aromatic carbocycles. The van der Waals surface area contributed by atoms with Crippen LogP contribution in [0.1, 0.15) is 11.1 Å². The van der Waals surface area contributed by atoms with E-state index in [-0.39, 0.29) is 6.71 Å². The summed E-state index contributed by atoms with van der Waals surface area (Å²) in [5, 5.41) is 2.49. The summed E-state index contributed by atoms with van der Waals surface area (Å²) in [5.41, 5.74) is 20.9. The number of hydrogen-bond acceptors (Lipinski definition) is 2. The number of fused-ring (bicyclic) bond motifs is 5. The minimum absolute atomic E-state index is 0.0565. The van der Waals surface area contributed by atoms with E-state index in [0.29, 0.717) is 0 Å². The second-order valence-corrected chi connectivity index (χ2v) is 15.5. The van der Waals surface area contributed by atoms with Crippen LogP contribution < -0.4 is 26.2 Å². The maximum Gasteiger partial charge on any atom is 0.252 e. The fraction of sp³-hybridized carbons (Fsp3) is 0.0370. The van der Waals surface area contributed by atoms with Gasteiger partial charge in [-0.05, 0) is 123 Å². The highest BCUT2D eigenvalue weighted by Crippen LogP contribution is 2.47. The molecule has 0 unspecified atom stereocenters. The molecule has 0 atom stereocenters. The molecule has 2 aliphatic heterocycles. The summed E-state index contributed by atoms with van der Waals surface area (Å²) in [5.74, 6) is 0. The lowest BCUT2D eigenvalue weighted by Crippen LogP contribution is -2.61. The monoisotopic (exact) mass is 726 g/mol. The summed E-state index contributed by atoms with van der Waals surface area (Å²) in [6.45, 7) is 4.50. The van der Waals surface area contributed by atoms with Gasteiger partial charge in [-0.3, -0.25) is 0 Å². The van der Waals surface area contributed by atoms with E-state index < -0.39 is 0 Å². The highest BCUT2D eigenvalue weighted by molar-refractivity contribution is 7.00. The maximum absolute atomic E-state index is 2.52. The van der Waals surface area contributed by atoms with Crippen molar-refractivity contribution in [3.05, 3.63) is 211 Å². The average molecular weight is 727 g/mol. The van der Waals surface area contributed by atoms with Gasteiger partial charge in [0.1, 0.15) is 0 Å². The van der Waals surface area contributed by atoms with Gasteiger partial charge in [0.25, 0.3) is 6.71 Å². The van der Waals surface area contributed by atoms with Gasteiger partial charge in [-0.25, -0.2) is 0 Å². The molecule has 0 N–H and O–H groups in total. The SMILES string of the molecule is Cc1ccc2c(c1)B1c3cc(C)ccc3N(c3ccc(-c4ccccc4)cc3)c3cc(-c4cccc5ccccc45)cc(c31)N2c1ccc(-c2ccccc2)cc1. The molecule has 3 heteroatoms. The Morgan fingerprint density at radius 2 is 0.807 bits per heavy atom. The largest absolute Gasteiger partial charge is 0.311 e. The predicted molar refractivity (Wildman–Crippen MR) is 244 cm³/mol. The third kappa shape index (κ3) is 5.50. The van der Waals surface area contributed by atoms with Gasteiger partial charge >= 0.3 is 0 Å². The van der Waals surface area contributed by atoms with Gasteiger partial charge < -0.3 is 9.80 Å². The molecular formula is C54H39BN2. The van der Waals surface area contributed by atoms with Gasteiger partial charge in [-0.15, -0.1) is 0 Å². The van der Waals surface area contributed by atoms with Crippen LogP contribution in [0.4, 0.5) is 34.1 Å². The fourth-order valence-corrected chi connectivity index (χ4v) is 9.30. The van der Waals surface area contributed by atoms with Crippen LogP contribution >= 0.6 is 0 Å². The molecule has 0 radical (unpaired) electrons. The molecule has 11 rings (SSSR count). The summed E-state index contributed by atoms with van der Waals surface area (Å²) in [4.78, 5) is 5.04. The van der Waals surface area contributed by atoms with E-state index >= 15 is 0 Å². The number of benzene rings is 9. The molecular weight excluding hydrogens is 687 g/mol. The second-order valence-electron chi connectivity index (χ2n) is 15.5. The molecule has 0 saturated carbocycles. The Hall–Kier alpha value is -7.10. The van der Waals surface area contributed by atoms with E-state index in [1.54, 1.807) is 0 Å². The molecule has 2 nitrogen and oxygen atoms in total. The Bertz CT molecular complexity index is 2810. The topological polar surface area (TPSA) is 6.48 Å². The lowest BCUT2D eigenvalue weighted by Gasteiger charge is -2.44. The zero-order valence-electron chi connectivity index (χ0n) is 32.0. The average Bonchev–Trinajstić information content (AvgIpc) is 3.27. The first-order chi connectivity index (χ1) is 28.1. The Balaban J connectivity index is 1.20. The zero-order chi connectivity index (χ0) is 38.0. The van der Waals surface area contributed by atoms with Crippen molar-refractivity contribution in [2.24, 2.45) is 0 Å². The van der Waals surface area contributed by atoms with Gasteiger partial charge in [0, 0.05) is 34.1 Å². The van der Waals surface area contributed by atoms with E-state index in [0.717, 1.165) is 11.4 Å². The normalized spacial score (nSPS) is 12.6. The van der Waals surface area contributed by atoms with Crippen molar-refractivity contribution in [2.45, 2.75) is 13.8 Å². The number of nitrogens with zero attached hydrogens (tertiary/aromatic N) is 2. The number of rotatable bonds is 5. The summed E-state index contributed by atoms with van der Waals surface area (Å²) < 4.78 is 0. The fourth-order valence-electron chi connectivity index (χ4n) is 9.30. The third-order valence-electron chi connectivity index (χ3n) is 11.9. The summed E-state index contributed by atoms with van der Waals surface area (Å²) in [6.07, 6.45) is 0. The molecule has 0 bridgehead atoms. The molecule has 0 fully saturated rings. The van der Waals surface area contributed by atoms with Gasteiger partial charge in [0.2, 0.25) is 0 Å². The molecule has 0 aromatic heterocycles. The van der Waals surface area contributed by atoms with Gasteiger partial charge in [-0.2, -0.15) is 0 Å². The Kier molecular flexibility index (Phi) is 7.75. The number of anilines is 6. The first-order valence-electron chi connectivity index (χ1n) is 19.9. The molecule has 57 heavy (non-hydrogen) atoms. The van der Waals surface area contributed by atoms with Crippen LogP contribution in [-0.2, 0) is 0 Å². The molecule has 0 spiro atoms. The number of aryl methyl sites for hydroxylation is 2. The van der Waals surface area contributed by atoms with E-state index in [9.17, 15) is 0 Å². The predicted octanol–water partition coefficient (Wildman–Crippen LogP) is 12.5. The zero-order valence-corrected chi connectivity index (χ0v) is 32.0. The van der Waals surface area contributed by atoms with Crippen molar-refractivity contribution in [3.63, 3.8) is 0 Å². The van der Waals surface area contributed by atoms with Crippen molar-refractivity contribution >= 4 is 68.0 Å². The maximum atomic E-state index is 2.52. The van der Waals surface area contributed by atoms with Gasteiger partial charge in [0.15, 0.2) is 0 Å². The van der Waals surface area contributed by atoms with Crippen LogP contribution in [0.3, 0.4) is 0 Å². The molecule has 268 valence electrons. The lowest BCUT2D eigenvalue weighted by atomic mass is 9.33. The Morgan fingerprint density at radius 3 is 1.33 bits per heavy atom. The highest BCUT2D eigenvalue weighted by atomic mass is 15.2. The third-order valence-corrected chi connectivity index (χ3v) is 11.9. The van der Waals surface area contributed by atoms with Crippen LogP contribution in [0, 0.1) is 13.8 Å². The smallest absolute Gasteiger partial charge is 0.252 e. The van der Waals surface area contributed by atoms with Crippen LogP contribution in [-0.4, -0.2) is 6.71 Å². The van der Waals surface area contributed by atoms with E-state index in [1.165, 1.54) is 94.4 Å². The molecule has 2 aliphatic rings. The molecule has 2 heterocycles. The van der Waals surface area contributed by atoms with E-state index in [2.05, 4.69) is 224 Å². The Morgan fingerprint density at radius 1 is 0.351 bits per heavy atom. The van der Waals surface area contributed by atoms with E-state index in [4.69, 9.17) is 0 Å². The lowest BCUT2D eigenvalue weighted by molar-refractivity contribution is 1.25. The quantitative estimate of drug-likeness (QED) is 0.163. The van der Waals surface area contributed by atoms with Crippen molar-refractivity contribution in [1.29, 1.82) is 0 Å². The van der Waals surface area contributed by atoms with Crippen LogP contribution in [0.2, 0.25) is 0 Å². The van der Waals surface area contributed by atoms with E-state index in [1.807, 2.05) is 0 Å². The van der Waals surface area contributed by atoms with Crippen molar-refractivity contribution < 1.29 is 0 Å². The first kappa shape index (κ1) is 33.3. The first-order valence-corrected chi connectivity index (χ1v) is 19.9. The van der Waals surface area contributed by atoms with Gasteiger partial charge in [0.05, 0.1) is 0 Å². The van der Waals surface area contributed by atoms with Crippen molar-refractivity contribution in [2.75, 3.05) is 9.80 Å². The molecule has 0 amide bonds. The standard InChI is InChI=1S/C54H39BN2/c1-36-20-30-50-48(32-36)55-49-33-37(2)21-31-51(49)57(45-28-24-41(25-29-45)39-14-7-4-8-15-39)53-35-43(47-19-11-17-42-16-9-10-18-46(42)47)34-52(54(53)55)56(50)44-26-22-40(23-27-44)38-12-5-3-6-13-38/h3-35H,1-2H3. The second kappa shape index (κ2) is 13.3. The van der Waals surface area contributed by atoms with Crippen LogP contribution in [0.25, 0.3) is 44.2 Å². The van der Waals surface area contributed by atoms with Crippen LogP contribution in [0.15, 0.2) is 200 Å². The highest BCUT2D eigenvalue weighted by Gasteiger charge is 2.43. The van der Waals surface area contributed by atoms with Crippen molar-refractivity contribution in [1.82, 2.24) is 0 Å². The Labute approximate surface area is 335 Å². The minimum Gasteiger partial charge on any atom is -0.311 e.